The minimum Gasteiger partial charge on any atom is -0.396 e. The van der Waals surface area contributed by atoms with Gasteiger partial charge in [-0.3, -0.25) is 0 Å². The van der Waals surface area contributed by atoms with Crippen molar-refractivity contribution in [3.05, 3.63) is 54.2 Å². The van der Waals surface area contributed by atoms with Crippen molar-refractivity contribution in [3.8, 4) is 0 Å². The molecule has 1 aromatic heterocycles. The van der Waals surface area contributed by atoms with Crippen molar-refractivity contribution >= 4 is 17.5 Å². The number of benzene rings is 1. The highest BCUT2D eigenvalue weighted by molar-refractivity contribution is 5.92. The predicted molar refractivity (Wildman–Crippen MR) is 98.7 cm³/mol. The number of carbonyl (C=O) groups excluding carboxylic acids is 1. The molecule has 6 nitrogen and oxygen atoms in total. The Balaban J connectivity index is 1.69. The van der Waals surface area contributed by atoms with Crippen molar-refractivity contribution in [1.29, 1.82) is 0 Å². The number of rotatable bonds is 6. The number of hydrogen-bond acceptors (Lipinski definition) is 4. The fourth-order valence-electron chi connectivity index (χ4n) is 3.13. The van der Waals surface area contributed by atoms with Crippen LogP contribution in [-0.4, -0.2) is 35.8 Å². The summed E-state index contributed by atoms with van der Waals surface area (Å²) in [5.74, 6) is 0.813. The second-order valence-corrected chi connectivity index (χ2v) is 6.14. The highest BCUT2D eigenvalue weighted by Crippen LogP contribution is 2.26. The van der Waals surface area contributed by atoms with Gasteiger partial charge in [0.15, 0.2) is 5.82 Å². The molecule has 2 aromatic rings. The zero-order valence-electron chi connectivity index (χ0n) is 14.2. The number of pyridine rings is 1. The zero-order chi connectivity index (χ0) is 17.5. The Hall–Kier alpha value is -2.60. The topological polar surface area (TPSA) is 77.5 Å². The second kappa shape index (κ2) is 8.48. The molecule has 2 amide bonds. The van der Waals surface area contributed by atoms with E-state index >= 15 is 0 Å². The van der Waals surface area contributed by atoms with E-state index in [0.717, 1.165) is 37.3 Å². The van der Waals surface area contributed by atoms with Crippen molar-refractivity contribution in [1.82, 2.24) is 10.3 Å². The average molecular weight is 340 g/mol. The molecule has 3 rings (SSSR count). The molecule has 0 bridgehead atoms. The van der Waals surface area contributed by atoms with Gasteiger partial charge in [0.2, 0.25) is 0 Å². The lowest BCUT2D eigenvalue weighted by atomic mass is 10.0. The van der Waals surface area contributed by atoms with Gasteiger partial charge >= 0.3 is 6.03 Å². The van der Waals surface area contributed by atoms with Crippen molar-refractivity contribution in [2.75, 3.05) is 29.9 Å². The van der Waals surface area contributed by atoms with Gasteiger partial charge in [0.25, 0.3) is 0 Å². The maximum absolute atomic E-state index is 12.5. The van der Waals surface area contributed by atoms with Crippen LogP contribution in [0.1, 0.15) is 30.9 Å². The zero-order valence-corrected chi connectivity index (χ0v) is 14.2. The lowest BCUT2D eigenvalue weighted by Crippen LogP contribution is -2.34. The Morgan fingerprint density at radius 3 is 2.64 bits per heavy atom. The molecule has 0 saturated carbocycles. The van der Waals surface area contributed by atoms with Crippen LogP contribution >= 0.6 is 0 Å². The first kappa shape index (κ1) is 17.2. The number of amides is 2. The van der Waals surface area contributed by atoms with Gasteiger partial charge in [-0.1, -0.05) is 30.3 Å². The van der Waals surface area contributed by atoms with Crippen LogP contribution in [0.25, 0.3) is 0 Å². The average Bonchev–Trinajstić information content (AvgIpc) is 3.17. The standard InChI is InChI=1S/C19H24N4O2/c24-14-10-16(15-7-2-1-3-8-15)21-19(25)22-17-9-6-11-20-18(17)23-12-4-5-13-23/h1-3,6-9,11,16,24H,4-5,10,12-14H2,(H2,21,22,25)/t16-/m1/s1. The number of anilines is 2. The SMILES string of the molecule is O=C(Nc1cccnc1N1CCCC1)N[C@H](CCO)c1ccccc1. The van der Waals surface area contributed by atoms with E-state index in [0.29, 0.717) is 12.1 Å². The summed E-state index contributed by atoms with van der Waals surface area (Å²) in [6.07, 6.45) is 4.50. The fraction of sp³-hybridized carbons (Fsp3) is 0.368. The molecule has 25 heavy (non-hydrogen) atoms. The summed E-state index contributed by atoms with van der Waals surface area (Å²) in [4.78, 5) is 19.1. The van der Waals surface area contributed by atoms with Gasteiger partial charge in [0.1, 0.15) is 0 Å². The van der Waals surface area contributed by atoms with Crippen LogP contribution in [0, 0.1) is 0 Å². The lowest BCUT2D eigenvalue weighted by molar-refractivity contribution is 0.239. The minimum atomic E-state index is -0.296. The summed E-state index contributed by atoms with van der Waals surface area (Å²) < 4.78 is 0. The van der Waals surface area contributed by atoms with Crippen LogP contribution in [-0.2, 0) is 0 Å². The fourth-order valence-corrected chi connectivity index (χ4v) is 3.13. The first-order valence-corrected chi connectivity index (χ1v) is 8.71. The van der Waals surface area contributed by atoms with Crippen molar-refractivity contribution in [2.24, 2.45) is 0 Å². The molecular formula is C19H24N4O2. The van der Waals surface area contributed by atoms with E-state index in [2.05, 4.69) is 20.5 Å². The van der Waals surface area contributed by atoms with Gasteiger partial charge in [-0.2, -0.15) is 0 Å². The molecule has 1 fully saturated rings. The van der Waals surface area contributed by atoms with Crippen molar-refractivity contribution in [3.63, 3.8) is 0 Å². The summed E-state index contributed by atoms with van der Waals surface area (Å²) in [7, 11) is 0. The molecule has 1 aliphatic heterocycles. The molecule has 3 N–H and O–H groups in total. The van der Waals surface area contributed by atoms with Crippen LogP contribution < -0.4 is 15.5 Å². The molecule has 1 saturated heterocycles. The van der Waals surface area contributed by atoms with Gasteiger partial charge in [-0.25, -0.2) is 9.78 Å². The largest absolute Gasteiger partial charge is 0.396 e. The van der Waals surface area contributed by atoms with Gasteiger partial charge in [-0.15, -0.1) is 0 Å². The summed E-state index contributed by atoms with van der Waals surface area (Å²) in [5, 5.41) is 15.2. The van der Waals surface area contributed by atoms with Crippen LogP contribution in [0.4, 0.5) is 16.3 Å². The van der Waals surface area contributed by atoms with Gasteiger partial charge in [-0.05, 0) is 37.0 Å². The van der Waals surface area contributed by atoms with E-state index in [9.17, 15) is 9.90 Å². The molecule has 0 unspecified atom stereocenters. The Kier molecular flexibility index (Phi) is 5.85. The normalized spacial score (nSPS) is 15.0. The summed E-state index contributed by atoms with van der Waals surface area (Å²) in [5.41, 5.74) is 1.68. The quantitative estimate of drug-likeness (QED) is 0.755. The van der Waals surface area contributed by atoms with Crippen molar-refractivity contribution < 1.29 is 9.90 Å². The molecule has 6 heteroatoms. The Morgan fingerprint density at radius 1 is 1.16 bits per heavy atom. The third-order valence-corrected chi connectivity index (χ3v) is 4.37. The maximum Gasteiger partial charge on any atom is 0.319 e. The number of carbonyl (C=O) groups is 1. The molecule has 0 spiro atoms. The van der Waals surface area contributed by atoms with Gasteiger partial charge in [0.05, 0.1) is 11.7 Å². The summed E-state index contributed by atoms with van der Waals surface area (Å²) in [6, 6.07) is 12.8. The first-order valence-electron chi connectivity index (χ1n) is 8.71. The number of aliphatic hydroxyl groups is 1. The molecular weight excluding hydrogens is 316 g/mol. The first-order chi connectivity index (χ1) is 12.3. The highest BCUT2D eigenvalue weighted by atomic mass is 16.3. The lowest BCUT2D eigenvalue weighted by Gasteiger charge is -2.22. The summed E-state index contributed by atoms with van der Waals surface area (Å²) >= 11 is 0. The van der Waals surface area contributed by atoms with Gasteiger partial charge in [0, 0.05) is 25.9 Å². The van der Waals surface area contributed by atoms with Gasteiger partial charge < -0.3 is 20.6 Å². The predicted octanol–water partition coefficient (Wildman–Crippen LogP) is 2.93. The highest BCUT2D eigenvalue weighted by Gasteiger charge is 2.19. The monoisotopic (exact) mass is 340 g/mol. The summed E-state index contributed by atoms with van der Waals surface area (Å²) in [6.45, 7) is 1.93. The number of nitrogens with zero attached hydrogens (tertiary/aromatic N) is 2. The van der Waals surface area contributed by atoms with E-state index in [1.165, 1.54) is 0 Å². The van der Waals surface area contributed by atoms with E-state index in [-0.39, 0.29) is 18.7 Å². The number of urea groups is 1. The molecule has 1 aromatic carbocycles. The van der Waals surface area contributed by atoms with E-state index < -0.39 is 0 Å². The Morgan fingerprint density at radius 2 is 1.92 bits per heavy atom. The molecule has 0 radical (unpaired) electrons. The van der Waals surface area contributed by atoms with Crippen LogP contribution in [0.2, 0.25) is 0 Å². The molecule has 1 aliphatic rings. The number of aromatic nitrogens is 1. The van der Waals surface area contributed by atoms with E-state index in [1.807, 2.05) is 42.5 Å². The maximum atomic E-state index is 12.5. The number of hydrogen-bond donors (Lipinski definition) is 3. The van der Waals surface area contributed by atoms with E-state index in [4.69, 9.17) is 0 Å². The molecule has 2 heterocycles. The number of aliphatic hydroxyl groups excluding tert-OH is 1. The Labute approximate surface area is 147 Å². The molecule has 1 atom stereocenters. The number of nitrogens with one attached hydrogen (secondary N) is 2. The van der Waals surface area contributed by atoms with Crippen LogP contribution in [0.5, 0.6) is 0 Å². The molecule has 0 aliphatic carbocycles. The molecule has 132 valence electrons. The van der Waals surface area contributed by atoms with Crippen LogP contribution in [0.3, 0.4) is 0 Å². The smallest absolute Gasteiger partial charge is 0.319 e. The minimum absolute atomic E-state index is 0.00572. The Bertz CT molecular complexity index is 687. The second-order valence-electron chi connectivity index (χ2n) is 6.14. The van der Waals surface area contributed by atoms with E-state index in [1.54, 1.807) is 6.20 Å². The van der Waals surface area contributed by atoms with Crippen LogP contribution in [0.15, 0.2) is 48.7 Å². The van der Waals surface area contributed by atoms with Crippen molar-refractivity contribution in [2.45, 2.75) is 25.3 Å². The third kappa shape index (κ3) is 4.48. The third-order valence-electron chi connectivity index (χ3n) is 4.37.